The van der Waals surface area contributed by atoms with E-state index in [2.05, 4.69) is 18.7 Å². The minimum atomic E-state index is -0.677. The van der Waals surface area contributed by atoms with Gasteiger partial charge in [-0.25, -0.2) is 0 Å². The van der Waals surface area contributed by atoms with Crippen LogP contribution in [0.15, 0.2) is 18.2 Å². The van der Waals surface area contributed by atoms with Crippen molar-refractivity contribution in [3.05, 3.63) is 23.8 Å². The van der Waals surface area contributed by atoms with E-state index in [0.29, 0.717) is 37.7 Å². The lowest BCUT2D eigenvalue weighted by molar-refractivity contribution is -0.144. The van der Waals surface area contributed by atoms with Crippen LogP contribution < -0.4 is 15.2 Å². The van der Waals surface area contributed by atoms with Crippen molar-refractivity contribution in [2.75, 3.05) is 39.5 Å². The minimum Gasteiger partial charge on any atom is -0.490 e. The van der Waals surface area contributed by atoms with Gasteiger partial charge in [0.1, 0.15) is 12.6 Å². The predicted octanol–water partition coefficient (Wildman–Crippen LogP) is 2.24. The highest BCUT2D eigenvalue weighted by molar-refractivity contribution is 5.75. The number of rotatable bonds is 12. The van der Waals surface area contributed by atoms with Gasteiger partial charge in [0.2, 0.25) is 0 Å². The highest BCUT2D eigenvalue weighted by atomic mass is 16.5. The zero-order valence-corrected chi connectivity index (χ0v) is 15.9. The van der Waals surface area contributed by atoms with Gasteiger partial charge in [-0.15, -0.1) is 0 Å². The number of hydrogen-bond donors (Lipinski definition) is 1. The van der Waals surface area contributed by atoms with Crippen molar-refractivity contribution in [2.24, 2.45) is 5.73 Å². The molecule has 0 fully saturated rings. The molecule has 1 rings (SSSR count). The summed E-state index contributed by atoms with van der Waals surface area (Å²) in [6, 6.07) is 4.99. The SMILES string of the molecule is CCOC(=O)[C@@H](N)Cc1ccc(OCCN(CC)CC)c(OCC)c1. The van der Waals surface area contributed by atoms with Gasteiger partial charge in [0.05, 0.1) is 13.2 Å². The fourth-order valence-electron chi connectivity index (χ4n) is 2.48. The summed E-state index contributed by atoms with van der Waals surface area (Å²) in [4.78, 5) is 14.0. The van der Waals surface area contributed by atoms with Crippen LogP contribution in [0.25, 0.3) is 0 Å². The molecule has 2 N–H and O–H groups in total. The second-order valence-corrected chi connectivity index (χ2v) is 5.65. The number of hydrogen-bond acceptors (Lipinski definition) is 6. The summed E-state index contributed by atoms with van der Waals surface area (Å²) in [6.45, 7) is 12.3. The standard InChI is InChI=1S/C19H32N2O4/c1-5-21(6-2)11-12-25-17-10-9-15(14-18(17)23-7-3)13-16(20)19(22)24-8-4/h9-10,14,16H,5-8,11-13,20H2,1-4H3/t16-/m0/s1. The maximum atomic E-state index is 11.7. The molecule has 6 nitrogen and oxygen atoms in total. The van der Waals surface area contributed by atoms with Crippen LogP contribution in [0, 0.1) is 0 Å². The minimum absolute atomic E-state index is 0.329. The largest absolute Gasteiger partial charge is 0.490 e. The summed E-state index contributed by atoms with van der Waals surface area (Å²) in [5.41, 5.74) is 6.81. The molecule has 0 unspecified atom stereocenters. The maximum absolute atomic E-state index is 11.7. The molecule has 0 aliphatic heterocycles. The number of ether oxygens (including phenoxy) is 3. The van der Waals surface area contributed by atoms with E-state index in [0.717, 1.165) is 25.2 Å². The first-order valence-corrected chi connectivity index (χ1v) is 9.08. The Balaban J connectivity index is 2.72. The number of likely N-dealkylation sites (N-methyl/N-ethyl adjacent to an activating group) is 1. The first-order valence-electron chi connectivity index (χ1n) is 9.08. The van der Waals surface area contributed by atoms with Gasteiger partial charge in [-0.2, -0.15) is 0 Å². The van der Waals surface area contributed by atoms with Crippen molar-refractivity contribution in [1.82, 2.24) is 4.90 Å². The maximum Gasteiger partial charge on any atom is 0.323 e. The van der Waals surface area contributed by atoms with E-state index in [9.17, 15) is 4.79 Å². The molecular formula is C19H32N2O4. The van der Waals surface area contributed by atoms with Gasteiger partial charge in [0.15, 0.2) is 11.5 Å². The van der Waals surface area contributed by atoms with E-state index in [-0.39, 0.29) is 5.97 Å². The molecule has 1 atom stereocenters. The quantitative estimate of drug-likeness (QED) is 0.582. The van der Waals surface area contributed by atoms with Gasteiger partial charge in [0, 0.05) is 6.54 Å². The van der Waals surface area contributed by atoms with Crippen LogP contribution in [0.3, 0.4) is 0 Å². The third-order valence-corrected chi connectivity index (χ3v) is 3.91. The highest BCUT2D eigenvalue weighted by Gasteiger charge is 2.16. The molecule has 0 aromatic heterocycles. The van der Waals surface area contributed by atoms with Crippen molar-refractivity contribution in [1.29, 1.82) is 0 Å². The molecular weight excluding hydrogens is 320 g/mol. The Labute approximate surface area is 151 Å². The van der Waals surface area contributed by atoms with Crippen molar-refractivity contribution < 1.29 is 19.0 Å². The fourth-order valence-corrected chi connectivity index (χ4v) is 2.48. The Morgan fingerprint density at radius 2 is 1.80 bits per heavy atom. The summed E-state index contributed by atoms with van der Waals surface area (Å²) in [5.74, 6) is 0.998. The molecule has 0 heterocycles. The van der Waals surface area contributed by atoms with Crippen LogP contribution in [0.4, 0.5) is 0 Å². The number of nitrogens with zero attached hydrogens (tertiary/aromatic N) is 1. The number of carbonyl (C=O) groups excluding carboxylic acids is 1. The first kappa shape index (κ1) is 21.3. The van der Waals surface area contributed by atoms with Gasteiger partial charge >= 0.3 is 5.97 Å². The summed E-state index contributed by atoms with van der Waals surface area (Å²) in [5, 5.41) is 0. The molecule has 0 aliphatic rings. The van der Waals surface area contributed by atoms with Crippen LogP contribution >= 0.6 is 0 Å². The van der Waals surface area contributed by atoms with E-state index in [1.807, 2.05) is 25.1 Å². The number of carbonyl (C=O) groups is 1. The zero-order chi connectivity index (χ0) is 18.7. The fraction of sp³-hybridized carbons (Fsp3) is 0.632. The molecule has 142 valence electrons. The predicted molar refractivity (Wildman–Crippen MR) is 99.2 cm³/mol. The lowest BCUT2D eigenvalue weighted by atomic mass is 10.1. The number of benzene rings is 1. The number of nitrogens with two attached hydrogens (primary N) is 1. The van der Waals surface area contributed by atoms with Crippen LogP contribution in [-0.4, -0.2) is 56.4 Å². The van der Waals surface area contributed by atoms with Crippen molar-refractivity contribution in [3.63, 3.8) is 0 Å². The van der Waals surface area contributed by atoms with Crippen LogP contribution in [0.1, 0.15) is 33.3 Å². The Kier molecular flexibility index (Phi) is 9.96. The molecule has 0 radical (unpaired) electrons. The Hall–Kier alpha value is -1.79. The van der Waals surface area contributed by atoms with E-state index in [4.69, 9.17) is 19.9 Å². The second kappa shape index (κ2) is 11.7. The van der Waals surface area contributed by atoms with E-state index in [1.165, 1.54) is 0 Å². The Bertz CT molecular complexity index is 518. The Morgan fingerprint density at radius 3 is 2.40 bits per heavy atom. The van der Waals surface area contributed by atoms with Crippen molar-refractivity contribution >= 4 is 5.97 Å². The van der Waals surface area contributed by atoms with Crippen LogP contribution in [-0.2, 0) is 16.0 Å². The topological polar surface area (TPSA) is 74.0 Å². The highest BCUT2D eigenvalue weighted by Crippen LogP contribution is 2.29. The molecule has 0 amide bonds. The molecule has 0 saturated carbocycles. The molecule has 6 heteroatoms. The average molecular weight is 352 g/mol. The van der Waals surface area contributed by atoms with Crippen LogP contribution in [0.5, 0.6) is 11.5 Å². The summed E-state index contributed by atoms with van der Waals surface area (Å²) < 4.78 is 16.5. The molecule has 1 aromatic carbocycles. The van der Waals surface area contributed by atoms with Gasteiger partial charge in [-0.3, -0.25) is 4.79 Å². The molecule has 0 bridgehead atoms. The summed E-state index contributed by atoms with van der Waals surface area (Å²) >= 11 is 0. The second-order valence-electron chi connectivity index (χ2n) is 5.65. The number of esters is 1. The summed E-state index contributed by atoms with van der Waals surface area (Å²) in [6.07, 6.45) is 0.401. The summed E-state index contributed by atoms with van der Waals surface area (Å²) in [7, 11) is 0. The smallest absolute Gasteiger partial charge is 0.323 e. The lowest BCUT2D eigenvalue weighted by Crippen LogP contribution is -2.34. The van der Waals surface area contributed by atoms with Gasteiger partial charge < -0.3 is 24.8 Å². The van der Waals surface area contributed by atoms with E-state index >= 15 is 0 Å². The zero-order valence-electron chi connectivity index (χ0n) is 15.9. The molecule has 1 aromatic rings. The molecule has 0 saturated heterocycles. The van der Waals surface area contributed by atoms with E-state index < -0.39 is 6.04 Å². The normalized spacial score (nSPS) is 12.1. The third-order valence-electron chi connectivity index (χ3n) is 3.91. The van der Waals surface area contributed by atoms with Gasteiger partial charge in [-0.05, 0) is 51.1 Å². The molecule has 25 heavy (non-hydrogen) atoms. The molecule has 0 aliphatic carbocycles. The Morgan fingerprint density at radius 1 is 1.08 bits per heavy atom. The van der Waals surface area contributed by atoms with Gasteiger partial charge in [-0.1, -0.05) is 19.9 Å². The van der Waals surface area contributed by atoms with Gasteiger partial charge in [0.25, 0.3) is 0 Å². The third kappa shape index (κ3) is 7.32. The van der Waals surface area contributed by atoms with E-state index in [1.54, 1.807) is 6.92 Å². The van der Waals surface area contributed by atoms with Crippen molar-refractivity contribution in [2.45, 2.75) is 40.2 Å². The lowest BCUT2D eigenvalue weighted by Gasteiger charge is -2.19. The van der Waals surface area contributed by atoms with Crippen molar-refractivity contribution in [3.8, 4) is 11.5 Å². The monoisotopic (exact) mass is 352 g/mol. The first-order chi connectivity index (χ1) is 12.0. The average Bonchev–Trinajstić information content (AvgIpc) is 2.60. The molecule has 0 spiro atoms. The van der Waals surface area contributed by atoms with Crippen LogP contribution in [0.2, 0.25) is 0 Å².